The standard InChI is InChI=1S/C15H18N2O4S2/c1-17(2)23(19,20)14-9-11(6-7-13(14)21-3)15(18)16-10-12-5-4-8-22-12/h4-9H,10H2,1-3H3,(H,16,18). The van der Waals surface area contributed by atoms with Crippen LogP contribution in [0.15, 0.2) is 40.6 Å². The topological polar surface area (TPSA) is 75.7 Å². The number of amides is 1. The number of hydrogen-bond donors (Lipinski definition) is 1. The molecule has 0 unspecified atom stereocenters. The summed E-state index contributed by atoms with van der Waals surface area (Å²) in [7, 11) is 0.544. The number of nitrogens with one attached hydrogen (secondary N) is 1. The average molecular weight is 354 g/mol. The Morgan fingerprint density at radius 2 is 2.04 bits per heavy atom. The molecular weight excluding hydrogens is 336 g/mol. The lowest BCUT2D eigenvalue weighted by atomic mass is 10.2. The highest BCUT2D eigenvalue weighted by Crippen LogP contribution is 2.26. The maximum absolute atomic E-state index is 12.3. The Kier molecular flexibility index (Phi) is 5.40. The maximum atomic E-state index is 12.3. The fourth-order valence-electron chi connectivity index (χ4n) is 1.90. The third-order valence-corrected chi connectivity index (χ3v) is 5.90. The van der Waals surface area contributed by atoms with Gasteiger partial charge in [-0.3, -0.25) is 4.79 Å². The van der Waals surface area contributed by atoms with Gasteiger partial charge in [0.2, 0.25) is 10.0 Å². The van der Waals surface area contributed by atoms with Crippen LogP contribution in [0.25, 0.3) is 0 Å². The van der Waals surface area contributed by atoms with Crippen LogP contribution in [0.4, 0.5) is 0 Å². The first-order chi connectivity index (χ1) is 10.9. The van der Waals surface area contributed by atoms with Gasteiger partial charge in [-0.05, 0) is 29.6 Å². The number of carbonyl (C=O) groups excluding carboxylic acids is 1. The highest BCUT2D eigenvalue weighted by molar-refractivity contribution is 7.89. The van der Waals surface area contributed by atoms with Gasteiger partial charge in [-0.1, -0.05) is 6.07 Å². The molecule has 0 aliphatic rings. The van der Waals surface area contributed by atoms with Gasteiger partial charge < -0.3 is 10.1 Å². The molecule has 124 valence electrons. The van der Waals surface area contributed by atoms with E-state index in [2.05, 4.69) is 5.32 Å². The van der Waals surface area contributed by atoms with E-state index in [4.69, 9.17) is 4.74 Å². The molecule has 0 atom stereocenters. The number of rotatable bonds is 6. The van der Waals surface area contributed by atoms with Gasteiger partial charge in [0.05, 0.1) is 13.7 Å². The molecule has 0 aliphatic carbocycles. The van der Waals surface area contributed by atoms with Crippen molar-refractivity contribution in [2.45, 2.75) is 11.4 Å². The molecule has 23 heavy (non-hydrogen) atoms. The Morgan fingerprint density at radius 1 is 1.30 bits per heavy atom. The summed E-state index contributed by atoms with van der Waals surface area (Å²) < 4.78 is 30.9. The van der Waals surface area contributed by atoms with Crippen molar-refractivity contribution in [1.82, 2.24) is 9.62 Å². The van der Waals surface area contributed by atoms with Crippen LogP contribution >= 0.6 is 11.3 Å². The van der Waals surface area contributed by atoms with Crippen LogP contribution in [-0.2, 0) is 16.6 Å². The van der Waals surface area contributed by atoms with Crippen molar-refractivity contribution in [2.75, 3.05) is 21.2 Å². The molecule has 0 radical (unpaired) electrons. The van der Waals surface area contributed by atoms with Crippen LogP contribution in [0.3, 0.4) is 0 Å². The summed E-state index contributed by atoms with van der Waals surface area (Å²) in [5, 5.41) is 4.70. The molecule has 0 aliphatic heterocycles. The summed E-state index contributed by atoms with van der Waals surface area (Å²) >= 11 is 1.54. The number of ether oxygens (including phenoxy) is 1. The lowest BCUT2D eigenvalue weighted by molar-refractivity contribution is 0.0951. The van der Waals surface area contributed by atoms with Crippen LogP contribution in [0.2, 0.25) is 0 Å². The van der Waals surface area contributed by atoms with Gasteiger partial charge in [-0.15, -0.1) is 11.3 Å². The second-order valence-corrected chi connectivity index (χ2v) is 8.07. The second-order valence-electron chi connectivity index (χ2n) is 4.92. The highest BCUT2D eigenvalue weighted by atomic mass is 32.2. The van der Waals surface area contributed by atoms with Gasteiger partial charge >= 0.3 is 0 Å². The van der Waals surface area contributed by atoms with Gasteiger partial charge in [0.25, 0.3) is 5.91 Å². The molecule has 1 aromatic heterocycles. The van der Waals surface area contributed by atoms with Gasteiger partial charge in [0, 0.05) is 24.5 Å². The molecule has 2 rings (SSSR count). The van der Waals surface area contributed by atoms with E-state index in [0.717, 1.165) is 9.18 Å². The molecule has 1 aromatic carbocycles. The summed E-state index contributed by atoms with van der Waals surface area (Å²) in [5.74, 6) is -0.134. The molecule has 0 spiro atoms. The van der Waals surface area contributed by atoms with Crippen molar-refractivity contribution in [1.29, 1.82) is 0 Å². The number of hydrogen-bond acceptors (Lipinski definition) is 5. The monoisotopic (exact) mass is 354 g/mol. The zero-order valence-corrected chi connectivity index (χ0v) is 14.7. The second kappa shape index (κ2) is 7.12. The van der Waals surface area contributed by atoms with Gasteiger partial charge in [-0.25, -0.2) is 12.7 Å². The third kappa shape index (κ3) is 3.90. The quantitative estimate of drug-likeness (QED) is 0.860. The first kappa shape index (κ1) is 17.5. The van der Waals surface area contributed by atoms with Crippen molar-refractivity contribution in [3.8, 4) is 5.75 Å². The summed E-state index contributed by atoms with van der Waals surface area (Å²) in [5.41, 5.74) is 0.266. The number of thiophene rings is 1. The van der Waals surface area contributed by atoms with Gasteiger partial charge in [0.1, 0.15) is 10.6 Å². The predicted molar refractivity (Wildman–Crippen MR) is 89.4 cm³/mol. The first-order valence-electron chi connectivity index (χ1n) is 6.77. The fraction of sp³-hybridized carbons (Fsp3) is 0.267. The Labute approximate surface area is 139 Å². The van der Waals surface area contributed by atoms with Crippen molar-refractivity contribution in [2.24, 2.45) is 0 Å². The lowest BCUT2D eigenvalue weighted by Gasteiger charge is -2.15. The lowest BCUT2D eigenvalue weighted by Crippen LogP contribution is -2.25. The number of nitrogens with zero attached hydrogens (tertiary/aromatic N) is 1. The maximum Gasteiger partial charge on any atom is 0.251 e. The summed E-state index contributed by atoms with van der Waals surface area (Å²) in [4.78, 5) is 13.2. The Morgan fingerprint density at radius 3 is 2.61 bits per heavy atom. The zero-order chi connectivity index (χ0) is 17.0. The molecular formula is C15H18N2O4S2. The number of methoxy groups -OCH3 is 1. The zero-order valence-electron chi connectivity index (χ0n) is 13.1. The molecule has 0 saturated carbocycles. The van der Waals surface area contributed by atoms with E-state index in [0.29, 0.717) is 6.54 Å². The van der Waals surface area contributed by atoms with E-state index >= 15 is 0 Å². The van der Waals surface area contributed by atoms with Gasteiger partial charge in [-0.2, -0.15) is 0 Å². The Balaban J connectivity index is 2.28. The summed E-state index contributed by atoms with van der Waals surface area (Å²) in [6, 6.07) is 8.17. The van der Waals surface area contributed by atoms with Crippen molar-refractivity contribution >= 4 is 27.3 Å². The minimum atomic E-state index is -3.70. The number of benzene rings is 1. The molecule has 0 bridgehead atoms. The van der Waals surface area contributed by atoms with Crippen LogP contribution in [0, 0.1) is 0 Å². The predicted octanol–water partition coefficient (Wildman–Crippen LogP) is 1.94. The first-order valence-corrected chi connectivity index (χ1v) is 9.09. The molecule has 8 heteroatoms. The summed E-state index contributed by atoms with van der Waals surface area (Å²) in [6.07, 6.45) is 0. The van der Waals surface area contributed by atoms with Crippen LogP contribution in [-0.4, -0.2) is 39.8 Å². The molecule has 6 nitrogen and oxygen atoms in total. The molecule has 2 aromatic rings. The van der Waals surface area contributed by atoms with Crippen molar-refractivity contribution in [3.05, 3.63) is 46.2 Å². The minimum absolute atomic E-state index is 0.0335. The smallest absolute Gasteiger partial charge is 0.251 e. The molecule has 0 fully saturated rings. The van der Waals surface area contributed by atoms with Crippen molar-refractivity contribution < 1.29 is 17.9 Å². The van der Waals surface area contributed by atoms with Crippen LogP contribution in [0.5, 0.6) is 5.75 Å². The van der Waals surface area contributed by atoms with Gasteiger partial charge in [0.15, 0.2) is 0 Å². The van der Waals surface area contributed by atoms with Crippen LogP contribution < -0.4 is 10.1 Å². The molecule has 1 amide bonds. The SMILES string of the molecule is COc1ccc(C(=O)NCc2cccs2)cc1S(=O)(=O)N(C)C. The van der Waals surface area contributed by atoms with E-state index in [9.17, 15) is 13.2 Å². The van der Waals surface area contributed by atoms with E-state index in [-0.39, 0.29) is 22.1 Å². The number of carbonyl (C=O) groups is 1. The average Bonchev–Trinajstić information content (AvgIpc) is 3.05. The van der Waals surface area contributed by atoms with Crippen LogP contribution in [0.1, 0.15) is 15.2 Å². The molecule has 1 N–H and O–H groups in total. The Hall–Kier alpha value is -1.90. The third-order valence-electron chi connectivity index (χ3n) is 3.19. The molecule has 1 heterocycles. The summed E-state index contributed by atoms with van der Waals surface area (Å²) in [6.45, 7) is 0.401. The van der Waals surface area contributed by atoms with E-state index < -0.39 is 10.0 Å². The normalized spacial score (nSPS) is 11.5. The van der Waals surface area contributed by atoms with E-state index in [1.54, 1.807) is 11.3 Å². The van der Waals surface area contributed by atoms with Crippen molar-refractivity contribution in [3.63, 3.8) is 0 Å². The Bertz CT molecular complexity index is 784. The highest BCUT2D eigenvalue weighted by Gasteiger charge is 2.23. The number of sulfonamides is 1. The van der Waals surface area contributed by atoms with E-state index in [1.165, 1.54) is 39.4 Å². The van der Waals surface area contributed by atoms with E-state index in [1.807, 2.05) is 17.5 Å². The molecule has 0 saturated heterocycles. The minimum Gasteiger partial charge on any atom is -0.495 e. The fourth-order valence-corrected chi connectivity index (χ4v) is 3.62. The largest absolute Gasteiger partial charge is 0.495 e.